The normalized spacial score (nSPS) is 24.0. The zero-order chi connectivity index (χ0) is 11.4. The highest BCUT2D eigenvalue weighted by molar-refractivity contribution is 5.32. The van der Waals surface area contributed by atoms with Gasteiger partial charge in [-0.25, -0.2) is 0 Å². The minimum atomic E-state index is 0.611. The number of allylic oxidation sites excluding steroid dienone is 7. The number of hydrogen-bond acceptors (Lipinski definition) is 1. The molecule has 1 nitrogen and oxygen atoms in total. The molecule has 0 aromatic heterocycles. The van der Waals surface area contributed by atoms with Gasteiger partial charge in [0.05, 0.1) is 0 Å². The summed E-state index contributed by atoms with van der Waals surface area (Å²) >= 11 is 0. The maximum atomic E-state index is 2.37. The molecule has 0 spiro atoms. The molecule has 0 radical (unpaired) electrons. The van der Waals surface area contributed by atoms with Crippen molar-refractivity contribution in [1.82, 2.24) is 4.90 Å². The lowest BCUT2D eigenvalue weighted by Gasteiger charge is -2.32. The van der Waals surface area contributed by atoms with E-state index in [0.29, 0.717) is 5.92 Å². The smallest absolute Gasteiger partial charge is 0.0236 e. The third-order valence-corrected chi connectivity index (χ3v) is 3.54. The topological polar surface area (TPSA) is 3.24 Å². The largest absolute Gasteiger partial charge is 0.378 e. The molecule has 0 saturated carbocycles. The molecule has 0 aromatic rings. The summed E-state index contributed by atoms with van der Waals surface area (Å²) in [6.07, 6.45) is 17.1. The van der Waals surface area contributed by atoms with E-state index >= 15 is 0 Å². The minimum Gasteiger partial charge on any atom is -0.378 e. The zero-order valence-electron chi connectivity index (χ0n) is 10.3. The summed E-state index contributed by atoms with van der Waals surface area (Å²) < 4.78 is 0. The van der Waals surface area contributed by atoms with E-state index < -0.39 is 0 Å². The molecular weight excluding hydrogens is 194 g/mol. The Morgan fingerprint density at radius 3 is 2.75 bits per heavy atom. The predicted molar refractivity (Wildman–Crippen MR) is 70.1 cm³/mol. The van der Waals surface area contributed by atoms with Gasteiger partial charge < -0.3 is 4.90 Å². The van der Waals surface area contributed by atoms with Gasteiger partial charge in [-0.15, -0.1) is 0 Å². The number of hydrogen-bond donors (Lipinski definition) is 0. The molecule has 2 rings (SSSR count). The molecule has 86 valence electrons. The molecular formula is C15H21N. The Morgan fingerprint density at radius 2 is 2.06 bits per heavy atom. The second kappa shape index (κ2) is 5.20. The quantitative estimate of drug-likeness (QED) is 0.694. The molecule has 0 N–H and O–H groups in total. The Balaban J connectivity index is 2.20. The maximum Gasteiger partial charge on any atom is 0.0236 e. The summed E-state index contributed by atoms with van der Waals surface area (Å²) in [5, 5.41) is 0. The first-order valence-corrected chi connectivity index (χ1v) is 6.26. The highest BCUT2D eigenvalue weighted by atomic mass is 15.1. The van der Waals surface area contributed by atoms with Crippen LogP contribution in [0, 0.1) is 5.92 Å². The molecule has 0 bridgehead atoms. The highest BCUT2D eigenvalue weighted by Gasteiger charge is 2.21. The number of nitrogens with zero attached hydrogens (tertiary/aromatic N) is 1. The van der Waals surface area contributed by atoms with Crippen LogP contribution in [0.2, 0.25) is 0 Å². The Morgan fingerprint density at radius 1 is 1.25 bits per heavy atom. The summed E-state index contributed by atoms with van der Waals surface area (Å²) in [6.45, 7) is 3.30. The van der Waals surface area contributed by atoms with Crippen molar-refractivity contribution in [2.24, 2.45) is 5.92 Å². The molecule has 0 aromatic carbocycles. The van der Waals surface area contributed by atoms with Crippen LogP contribution >= 0.6 is 0 Å². The van der Waals surface area contributed by atoms with Gasteiger partial charge in [0.1, 0.15) is 0 Å². The zero-order valence-corrected chi connectivity index (χ0v) is 10.3. The van der Waals surface area contributed by atoms with Crippen molar-refractivity contribution in [1.29, 1.82) is 0 Å². The summed E-state index contributed by atoms with van der Waals surface area (Å²) in [5.41, 5.74) is 3.07. The van der Waals surface area contributed by atoms with Crippen molar-refractivity contribution in [2.45, 2.75) is 26.2 Å². The number of rotatable bonds is 3. The lowest BCUT2D eigenvalue weighted by molar-refractivity contribution is 0.385. The molecule has 0 fully saturated rings. The Kier molecular flexibility index (Phi) is 3.66. The average molecular weight is 215 g/mol. The highest BCUT2D eigenvalue weighted by Crippen LogP contribution is 2.33. The van der Waals surface area contributed by atoms with E-state index in [-0.39, 0.29) is 0 Å². The Bertz CT molecular complexity index is 358. The first-order chi connectivity index (χ1) is 7.83. The molecule has 0 saturated heterocycles. The van der Waals surface area contributed by atoms with E-state index in [2.05, 4.69) is 55.3 Å². The van der Waals surface area contributed by atoms with E-state index in [0.717, 1.165) is 13.0 Å². The molecule has 0 heterocycles. The van der Waals surface area contributed by atoms with Crippen molar-refractivity contribution in [3.63, 3.8) is 0 Å². The minimum absolute atomic E-state index is 0.611. The SMILES string of the molecule is CCN(C)C1=CC=CCC1C1=CC=CCC1. The molecule has 1 heteroatoms. The standard InChI is InChI=1S/C15H21N/c1-3-16(2)15-12-8-7-11-14(15)13-9-5-4-6-10-13/h4-5,7-9,12,14H,3,6,10-11H2,1-2H3. The molecule has 1 unspecified atom stereocenters. The molecule has 16 heavy (non-hydrogen) atoms. The van der Waals surface area contributed by atoms with Gasteiger partial charge in [-0.05, 0) is 32.3 Å². The van der Waals surface area contributed by atoms with Crippen molar-refractivity contribution < 1.29 is 0 Å². The van der Waals surface area contributed by atoms with Gasteiger partial charge in [0.25, 0.3) is 0 Å². The lowest BCUT2D eigenvalue weighted by atomic mass is 9.84. The van der Waals surface area contributed by atoms with Crippen LogP contribution in [0.3, 0.4) is 0 Å². The van der Waals surface area contributed by atoms with Crippen LogP contribution in [-0.4, -0.2) is 18.5 Å². The lowest BCUT2D eigenvalue weighted by Crippen LogP contribution is -2.25. The van der Waals surface area contributed by atoms with Crippen LogP contribution < -0.4 is 0 Å². The third-order valence-electron chi connectivity index (χ3n) is 3.54. The average Bonchev–Trinajstić information content (AvgIpc) is 2.39. The Hall–Kier alpha value is -1.24. The Labute approximate surface area is 98.8 Å². The van der Waals surface area contributed by atoms with Gasteiger partial charge in [-0.1, -0.05) is 36.0 Å². The van der Waals surface area contributed by atoms with E-state index in [9.17, 15) is 0 Å². The molecule has 0 aliphatic heterocycles. The van der Waals surface area contributed by atoms with Gasteiger partial charge in [0.2, 0.25) is 0 Å². The van der Waals surface area contributed by atoms with E-state index in [4.69, 9.17) is 0 Å². The van der Waals surface area contributed by atoms with Gasteiger partial charge in [-0.3, -0.25) is 0 Å². The summed E-state index contributed by atoms with van der Waals surface area (Å²) in [5.74, 6) is 0.611. The van der Waals surface area contributed by atoms with Crippen LogP contribution in [0.25, 0.3) is 0 Å². The molecule has 1 atom stereocenters. The third kappa shape index (κ3) is 2.29. The van der Waals surface area contributed by atoms with Crippen molar-refractivity contribution in [2.75, 3.05) is 13.6 Å². The van der Waals surface area contributed by atoms with Crippen molar-refractivity contribution in [3.05, 3.63) is 47.7 Å². The van der Waals surface area contributed by atoms with Gasteiger partial charge >= 0.3 is 0 Å². The van der Waals surface area contributed by atoms with E-state index in [1.165, 1.54) is 18.5 Å². The van der Waals surface area contributed by atoms with Gasteiger partial charge in [-0.2, -0.15) is 0 Å². The fourth-order valence-electron chi connectivity index (χ4n) is 2.45. The van der Waals surface area contributed by atoms with Crippen LogP contribution in [0.5, 0.6) is 0 Å². The second-order valence-corrected chi connectivity index (χ2v) is 4.53. The summed E-state index contributed by atoms with van der Waals surface area (Å²) in [7, 11) is 2.19. The van der Waals surface area contributed by atoms with Crippen molar-refractivity contribution in [3.8, 4) is 0 Å². The molecule has 2 aliphatic carbocycles. The van der Waals surface area contributed by atoms with Crippen LogP contribution in [-0.2, 0) is 0 Å². The first kappa shape index (κ1) is 11.3. The van der Waals surface area contributed by atoms with E-state index in [1.807, 2.05) is 0 Å². The van der Waals surface area contributed by atoms with Gasteiger partial charge in [0.15, 0.2) is 0 Å². The predicted octanol–water partition coefficient (Wildman–Crippen LogP) is 3.67. The summed E-state index contributed by atoms with van der Waals surface area (Å²) in [6, 6.07) is 0. The fraction of sp³-hybridized carbons (Fsp3) is 0.467. The van der Waals surface area contributed by atoms with Crippen molar-refractivity contribution >= 4 is 0 Å². The van der Waals surface area contributed by atoms with Gasteiger partial charge in [0, 0.05) is 25.2 Å². The second-order valence-electron chi connectivity index (χ2n) is 4.53. The van der Waals surface area contributed by atoms with Crippen LogP contribution in [0.4, 0.5) is 0 Å². The fourth-order valence-corrected chi connectivity index (χ4v) is 2.45. The summed E-state index contributed by atoms with van der Waals surface area (Å²) in [4.78, 5) is 2.37. The monoisotopic (exact) mass is 215 g/mol. The first-order valence-electron chi connectivity index (χ1n) is 6.26. The maximum absolute atomic E-state index is 2.37. The molecule has 0 amide bonds. The van der Waals surface area contributed by atoms with E-state index in [1.54, 1.807) is 5.57 Å². The van der Waals surface area contributed by atoms with Crippen LogP contribution in [0.1, 0.15) is 26.2 Å². The van der Waals surface area contributed by atoms with Crippen LogP contribution in [0.15, 0.2) is 47.7 Å². The molecule has 2 aliphatic rings.